The molecule has 1 aliphatic rings. The molecule has 0 spiro atoms. The number of β-amino-alcohol motifs (C(OH)–C–C–N with tert-alkyl or cyclic N) is 1. The molecule has 1 saturated heterocycles. The molecular weight excluding hydrogens is 208 g/mol. The van der Waals surface area contributed by atoms with Crippen LogP contribution in [-0.2, 0) is 4.74 Å². The van der Waals surface area contributed by atoms with E-state index in [-0.39, 0.29) is 12.7 Å². The molecule has 96 valence electrons. The Balaban J connectivity index is 2.19. The van der Waals surface area contributed by atoms with E-state index in [1.165, 1.54) is 0 Å². The molecule has 0 aliphatic carbocycles. The normalized spacial score (nSPS) is 20.2. The minimum Gasteiger partial charge on any atom is -0.395 e. The van der Waals surface area contributed by atoms with Gasteiger partial charge in [0.25, 0.3) is 0 Å². The highest BCUT2D eigenvalue weighted by Gasteiger charge is 2.16. The predicted molar refractivity (Wildman–Crippen MR) is 62.5 cm³/mol. The van der Waals surface area contributed by atoms with Crippen molar-refractivity contribution in [3.8, 4) is 0 Å². The summed E-state index contributed by atoms with van der Waals surface area (Å²) in [5.41, 5.74) is 0. The molecule has 0 bridgehead atoms. The zero-order chi connectivity index (χ0) is 11.8. The summed E-state index contributed by atoms with van der Waals surface area (Å²) >= 11 is 0. The summed E-state index contributed by atoms with van der Waals surface area (Å²) in [5, 5.41) is 18.8. The van der Waals surface area contributed by atoms with Gasteiger partial charge in [-0.2, -0.15) is 0 Å². The van der Waals surface area contributed by atoms with E-state index in [0.717, 1.165) is 32.8 Å². The van der Waals surface area contributed by atoms with E-state index in [1.54, 1.807) is 0 Å². The number of nitrogens with zero attached hydrogens (tertiary/aromatic N) is 2. The van der Waals surface area contributed by atoms with Gasteiger partial charge < -0.3 is 14.9 Å². The van der Waals surface area contributed by atoms with Crippen LogP contribution in [0.25, 0.3) is 0 Å². The molecule has 5 nitrogen and oxygen atoms in total. The molecule has 1 heterocycles. The van der Waals surface area contributed by atoms with Gasteiger partial charge in [-0.05, 0) is 6.54 Å². The Kier molecular flexibility index (Phi) is 6.91. The van der Waals surface area contributed by atoms with Crippen LogP contribution in [0.15, 0.2) is 0 Å². The molecule has 1 unspecified atom stereocenters. The molecule has 0 saturated carbocycles. The quantitative estimate of drug-likeness (QED) is 0.589. The summed E-state index contributed by atoms with van der Waals surface area (Å²) < 4.78 is 5.26. The zero-order valence-corrected chi connectivity index (χ0v) is 10.1. The van der Waals surface area contributed by atoms with Gasteiger partial charge in [0.05, 0.1) is 25.9 Å². The number of aliphatic hydroxyl groups is 2. The Morgan fingerprint density at radius 1 is 1.38 bits per heavy atom. The molecule has 1 atom stereocenters. The number of likely N-dealkylation sites (N-methyl/N-ethyl adjacent to an activating group) is 1. The summed E-state index contributed by atoms with van der Waals surface area (Å²) in [4.78, 5) is 4.28. The second-order valence-corrected chi connectivity index (χ2v) is 4.18. The maximum atomic E-state index is 9.92. The van der Waals surface area contributed by atoms with Crippen molar-refractivity contribution in [2.24, 2.45) is 0 Å². The predicted octanol–water partition coefficient (Wildman–Crippen LogP) is -1.01. The first-order chi connectivity index (χ1) is 7.76. The molecule has 2 N–H and O–H groups in total. The molecule has 5 heteroatoms. The van der Waals surface area contributed by atoms with Gasteiger partial charge in [-0.3, -0.25) is 9.80 Å². The molecule has 0 aromatic heterocycles. The first-order valence-corrected chi connectivity index (χ1v) is 6.07. The van der Waals surface area contributed by atoms with Crippen molar-refractivity contribution in [1.29, 1.82) is 0 Å². The van der Waals surface area contributed by atoms with Gasteiger partial charge >= 0.3 is 0 Å². The van der Waals surface area contributed by atoms with Crippen molar-refractivity contribution in [2.75, 3.05) is 59.1 Å². The SMILES string of the molecule is CCN(CCO)CC(O)CN1CCOCC1. The minimum atomic E-state index is -0.343. The van der Waals surface area contributed by atoms with E-state index < -0.39 is 0 Å². The van der Waals surface area contributed by atoms with Crippen molar-refractivity contribution >= 4 is 0 Å². The van der Waals surface area contributed by atoms with E-state index in [9.17, 15) is 5.11 Å². The Bertz CT molecular complexity index is 168. The fraction of sp³-hybridized carbons (Fsp3) is 1.00. The second-order valence-electron chi connectivity index (χ2n) is 4.18. The minimum absolute atomic E-state index is 0.151. The van der Waals surface area contributed by atoms with Gasteiger partial charge in [0.15, 0.2) is 0 Å². The number of ether oxygens (including phenoxy) is 1. The lowest BCUT2D eigenvalue weighted by molar-refractivity contribution is 0.00629. The third-order valence-electron chi connectivity index (χ3n) is 2.91. The monoisotopic (exact) mass is 232 g/mol. The van der Waals surface area contributed by atoms with Gasteiger partial charge in [0.1, 0.15) is 0 Å². The van der Waals surface area contributed by atoms with Crippen molar-refractivity contribution in [3.05, 3.63) is 0 Å². The molecule has 0 amide bonds. The maximum absolute atomic E-state index is 9.92. The van der Waals surface area contributed by atoms with E-state index in [2.05, 4.69) is 9.80 Å². The highest BCUT2D eigenvalue weighted by atomic mass is 16.5. The second kappa shape index (κ2) is 7.97. The smallest absolute Gasteiger partial charge is 0.0793 e. The molecular formula is C11H24N2O3. The lowest BCUT2D eigenvalue weighted by Gasteiger charge is -2.30. The van der Waals surface area contributed by atoms with E-state index >= 15 is 0 Å². The summed E-state index contributed by atoms with van der Waals surface area (Å²) in [5.74, 6) is 0. The number of morpholine rings is 1. The van der Waals surface area contributed by atoms with Crippen LogP contribution in [0.5, 0.6) is 0 Å². The Labute approximate surface area is 97.6 Å². The third kappa shape index (κ3) is 5.23. The lowest BCUT2D eigenvalue weighted by atomic mass is 10.2. The number of aliphatic hydroxyl groups excluding tert-OH is 2. The van der Waals surface area contributed by atoms with Crippen molar-refractivity contribution in [2.45, 2.75) is 13.0 Å². The van der Waals surface area contributed by atoms with Gasteiger partial charge in [0, 0.05) is 32.7 Å². The van der Waals surface area contributed by atoms with Crippen molar-refractivity contribution < 1.29 is 14.9 Å². The van der Waals surface area contributed by atoms with Crippen LogP contribution in [-0.4, -0.2) is 85.2 Å². The Hall–Kier alpha value is -0.200. The zero-order valence-electron chi connectivity index (χ0n) is 10.1. The number of rotatable bonds is 7. The molecule has 0 aromatic rings. The van der Waals surface area contributed by atoms with Gasteiger partial charge in [-0.15, -0.1) is 0 Å². The van der Waals surface area contributed by atoms with E-state index in [0.29, 0.717) is 19.6 Å². The Morgan fingerprint density at radius 3 is 2.62 bits per heavy atom. The van der Waals surface area contributed by atoms with Crippen molar-refractivity contribution in [3.63, 3.8) is 0 Å². The highest BCUT2D eigenvalue weighted by Crippen LogP contribution is 2.00. The summed E-state index contributed by atoms with van der Waals surface area (Å²) in [6, 6.07) is 0. The topological polar surface area (TPSA) is 56.2 Å². The first kappa shape index (κ1) is 13.9. The number of hydrogen-bond acceptors (Lipinski definition) is 5. The van der Waals surface area contributed by atoms with Crippen LogP contribution < -0.4 is 0 Å². The van der Waals surface area contributed by atoms with Crippen LogP contribution in [0.4, 0.5) is 0 Å². The van der Waals surface area contributed by atoms with E-state index in [4.69, 9.17) is 9.84 Å². The number of hydrogen-bond donors (Lipinski definition) is 2. The maximum Gasteiger partial charge on any atom is 0.0793 e. The molecule has 1 aliphatic heterocycles. The fourth-order valence-corrected chi connectivity index (χ4v) is 1.96. The molecule has 16 heavy (non-hydrogen) atoms. The highest BCUT2D eigenvalue weighted by molar-refractivity contribution is 4.70. The molecule has 0 radical (unpaired) electrons. The van der Waals surface area contributed by atoms with Crippen LogP contribution in [0, 0.1) is 0 Å². The first-order valence-electron chi connectivity index (χ1n) is 6.07. The molecule has 0 aromatic carbocycles. The average Bonchev–Trinajstić information content (AvgIpc) is 2.29. The summed E-state index contributed by atoms with van der Waals surface area (Å²) in [7, 11) is 0. The molecule has 1 fully saturated rings. The van der Waals surface area contributed by atoms with E-state index in [1.807, 2.05) is 6.92 Å². The summed E-state index contributed by atoms with van der Waals surface area (Å²) in [6.07, 6.45) is -0.343. The average molecular weight is 232 g/mol. The van der Waals surface area contributed by atoms with Crippen molar-refractivity contribution in [1.82, 2.24) is 9.80 Å². The third-order valence-corrected chi connectivity index (χ3v) is 2.91. The van der Waals surface area contributed by atoms with Crippen LogP contribution in [0.1, 0.15) is 6.92 Å². The largest absolute Gasteiger partial charge is 0.395 e. The lowest BCUT2D eigenvalue weighted by Crippen LogP contribution is -2.45. The van der Waals surface area contributed by atoms with Crippen LogP contribution in [0.3, 0.4) is 0 Å². The van der Waals surface area contributed by atoms with Crippen LogP contribution >= 0.6 is 0 Å². The van der Waals surface area contributed by atoms with Gasteiger partial charge in [-0.1, -0.05) is 6.92 Å². The van der Waals surface area contributed by atoms with Gasteiger partial charge in [0.2, 0.25) is 0 Å². The fourth-order valence-electron chi connectivity index (χ4n) is 1.96. The standard InChI is InChI=1S/C11H24N2O3/c1-2-12(3-6-14)9-11(15)10-13-4-7-16-8-5-13/h11,14-15H,2-10H2,1H3. The Morgan fingerprint density at radius 2 is 2.06 bits per heavy atom. The molecule has 1 rings (SSSR count). The summed E-state index contributed by atoms with van der Waals surface area (Å²) in [6.45, 7) is 8.36. The van der Waals surface area contributed by atoms with Gasteiger partial charge in [-0.25, -0.2) is 0 Å². The van der Waals surface area contributed by atoms with Crippen LogP contribution in [0.2, 0.25) is 0 Å².